The van der Waals surface area contributed by atoms with Gasteiger partial charge in [0, 0.05) is 19.7 Å². The van der Waals surface area contributed by atoms with Crippen molar-refractivity contribution >= 4 is 0 Å². The Morgan fingerprint density at radius 2 is 2.15 bits per heavy atom. The molecule has 0 amide bonds. The van der Waals surface area contributed by atoms with E-state index >= 15 is 0 Å². The summed E-state index contributed by atoms with van der Waals surface area (Å²) < 4.78 is 5.13. The highest BCUT2D eigenvalue weighted by atomic mass is 16.5. The Morgan fingerprint density at radius 1 is 1.40 bits per heavy atom. The summed E-state index contributed by atoms with van der Waals surface area (Å²) in [6.07, 6.45) is 1.82. The Morgan fingerprint density at radius 3 is 2.75 bits per heavy atom. The average Bonchev–Trinajstić information content (AvgIpc) is 2.44. The van der Waals surface area contributed by atoms with Gasteiger partial charge in [-0.05, 0) is 36.0 Å². The van der Waals surface area contributed by atoms with E-state index in [1.54, 1.807) is 7.11 Å². The van der Waals surface area contributed by atoms with Gasteiger partial charge in [-0.1, -0.05) is 19.9 Å². The zero-order valence-electron chi connectivity index (χ0n) is 12.6. The second-order valence-corrected chi connectivity index (χ2v) is 5.74. The lowest BCUT2D eigenvalue weighted by molar-refractivity contribution is 0.236. The normalized spacial score (nSPS) is 11.2. The van der Waals surface area contributed by atoms with Crippen molar-refractivity contribution in [3.05, 3.63) is 29.3 Å². The average molecular weight is 276 g/mol. The minimum Gasteiger partial charge on any atom is -0.495 e. The number of hydrogen-bond donors (Lipinski definition) is 2. The standard InChI is InChI=1S/C16H24N2O2/c1-16(2,7-4-8-19)12-18-11-13-5-6-15(20-3)14(9-13)10-17/h5-6,9,18-19H,4,7-8,11-12H2,1-3H3. The van der Waals surface area contributed by atoms with Crippen LogP contribution in [0, 0.1) is 16.7 Å². The van der Waals surface area contributed by atoms with Crippen LogP contribution in [-0.2, 0) is 6.54 Å². The molecule has 20 heavy (non-hydrogen) atoms. The van der Waals surface area contributed by atoms with Gasteiger partial charge in [-0.3, -0.25) is 0 Å². The molecule has 0 aliphatic carbocycles. The molecular weight excluding hydrogens is 252 g/mol. The van der Waals surface area contributed by atoms with E-state index in [1.165, 1.54) is 0 Å². The topological polar surface area (TPSA) is 65.3 Å². The maximum atomic E-state index is 9.05. The lowest BCUT2D eigenvalue weighted by Gasteiger charge is -2.24. The van der Waals surface area contributed by atoms with Crippen molar-refractivity contribution in [2.75, 3.05) is 20.3 Å². The summed E-state index contributed by atoms with van der Waals surface area (Å²) in [5, 5.41) is 21.3. The maximum Gasteiger partial charge on any atom is 0.136 e. The first-order valence-electron chi connectivity index (χ1n) is 6.91. The first kappa shape index (κ1) is 16.5. The molecule has 0 aliphatic rings. The fraction of sp³-hybridized carbons (Fsp3) is 0.562. The number of hydrogen-bond acceptors (Lipinski definition) is 4. The molecule has 0 aliphatic heterocycles. The first-order chi connectivity index (χ1) is 9.52. The van der Waals surface area contributed by atoms with E-state index in [9.17, 15) is 0 Å². The summed E-state index contributed by atoms with van der Waals surface area (Å²) >= 11 is 0. The molecule has 110 valence electrons. The number of nitrogens with zero attached hydrogens (tertiary/aromatic N) is 1. The van der Waals surface area contributed by atoms with Gasteiger partial charge in [-0.2, -0.15) is 5.26 Å². The quantitative estimate of drug-likeness (QED) is 0.765. The molecule has 0 heterocycles. The van der Waals surface area contributed by atoms with Crippen molar-refractivity contribution in [3.8, 4) is 11.8 Å². The van der Waals surface area contributed by atoms with E-state index < -0.39 is 0 Å². The summed E-state index contributed by atoms with van der Waals surface area (Å²) in [6, 6.07) is 7.79. The van der Waals surface area contributed by atoms with E-state index in [2.05, 4.69) is 25.2 Å². The van der Waals surface area contributed by atoms with Gasteiger partial charge in [0.25, 0.3) is 0 Å². The lowest BCUT2D eigenvalue weighted by atomic mass is 9.88. The highest BCUT2D eigenvalue weighted by molar-refractivity contribution is 5.45. The molecule has 0 aromatic heterocycles. The number of nitrogens with one attached hydrogen (secondary N) is 1. The van der Waals surface area contributed by atoms with Gasteiger partial charge in [0.05, 0.1) is 12.7 Å². The third-order valence-electron chi connectivity index (χ3n) is 3.33. The third kappa shape index (κ3) is 5.20. The minimum atomic E-state index is 0.160. The molecule has 1 aromatic carbocycles. The van der Waals surface area contributed by atoms with Gasteiger partial charge in [-0.25, -0.2) is 0 Å². The molecule has 2 N–H and O–H groups in total. The third-order valence-corrected chi connectivity index (χ3v) is 3.33. The molecule has 1 aromatic rings. The van der Waals surface area contributed by atoms with Crippen LogP contribution in [0.4, 0.5) is 0 Å². The number of aliphatic hydroxyl groups excluding tert-OH is 1. The molecule has 0 fully saturated rings. The van der Waals surface area contributed by atoms with Crippen LogP contribution in [0.5, 0.6) is 5.75 Å². The van der Waals surface area contributed by atoms with Crippen molar-refractivity contribution < 1.29 is 9.84 Å². The fourth-order valence-corrected chi connectivity index (χ4v) is 2.14. The molecule has 4 heteroatoms. The van der Waals surface area contributed by atoms with Gasteiger partial charge in [-0.15, -0.1) is 0 Å². The van der Waals surface area contributed by atoms with E-state index in [0.29, 0.717) is 11.3 Å². The van der Waals surface area contributed by atoms with Crippen molar-refractivity contribution in [3.63, 3.8) is 0 Å². The van der Waals surface area contributed by atoms with Gasteiger partial charge in [0.1, 0.15) is 11.8 Å². The summed E-state index contributed by atoms with van der Waals surface area (Å²) in [4.78, 5) is 0. The van der Waals surface area contributed by atoms with Crippen LogP contribution in [0.25, 0.3) is 0 Å². The van der Waals surface area contributed by atoms with Crippen LogP contribution in [-0.4, -0.2) is 25.4 Å². The second kappa shape index (κ2) is 7.88. The zero-order valence-corrected chi connectivity index (χ0v) is 12.6. The Hall–Kier alpha value is -1.57. The van der Waals surface area contributed by atoms with Crippen LogP contribution < -0.4 is 10.1 Å². The van der Waals surface area contributed by atoms with Crippen LogP contribution in [0.3, 0.4) is 0 Å². The second-order valence-electron chi connectivity index (χ2n) is 5.74. The minimum absolute atomic E-state index is 0.160. The lowest BCUT2D eigenvalue weighted by Crippen LogP contribution is -2.29. The predicted molar refractivity (Wildman–Crippen MR) is 79.5 cm³/mol. The van der Waals surface area contributed by atoms with E-state index in [1.807, 2.05) is 18.2 Å². The Bertz CT molecular complexity index is 464. The van der Waals surface area contributed by atoms with Gasteiger partial charge in [0.15, 0.2) is 0 Å². The molecule has 4 nitrogen and oxygen atoms in total. The number of benzene rings is 1. The SMILES string of the molecule is COc1ccc(CNCC(C)(C)CCCO)cc1C#N. The van der Waals surface area contributed by atoms with E-state index in [0.717, 1.165) is 31.5 Å². The van der Waals surface area contributed by atoms with Crippen LogP contribution in [0.1, 0.15) is 37.8 Å². The van der Waals surface area contributed by atoms with Gasteiger partial charge < -0.3 is 15.2 Å². The smallest absolute Gasteiger partial charge is 0.136 e. The Labute approximate surface area is 121 Å². The number of aliphatic hydroxyl groups is 1. The summed E-state index contributed by atoms with van der Waals surface area (Å²) in [5.74, 6) is 0.611. The summed E-state index contributed by atoms with van der Waals surface area (Å²) in [5.41, 5.74) is 1.79. The molecule has 0 unspecified atom stereocenters. The first-order valence-corrected chi connectivity index (χ1v) is 6.91. The number of methoxy groups -OCH3 is 1. The molecule has 0 radical (unpaired) electrons. The largest absolute Gasteiger partial charge is 0.495 e. The van der Waals surface area contributed by atoms with Crippen LogP contribution >= 0.6 is 0 Å². The maximum absolute atomic E-state index is 9.05. The Balaban J connectivity index is 2.52. The van der Waals surface area contributed by atoms with E-state index in [4.69, 9.17) is 15.1 Å². The summed E-state index contributed by atoms with van der Waals surface area (Å²) in [7, 11) is 1.57. The Kier molecular flexibility index (Phi) is 6.50. The predicted octanol–water partition coefficient (Wildman–Crippen LogP) is 2.46. The molecule has 0 spiro atoms. The highest BCUT2D eigenvalue weighted by Gasteiger charge is 2.16. The van der Waals surface area contributed by atoms with Crippen molar-refractivity contribution in [1.82, 2.24) is 5.32 Å². The monoisotopic (exact) mass is 276 g/mol. The van der Waals surface area contributed by atoms with Gasteiger partial charge in [0.2, 0.25) is 0 Å². The van der Waals surface area contributed by atoms with Crippen LogP contribution in [0.2, 0.25) is 0 Å². The fourth-order valence-electron chi connectivity index (χ4n) is 2.14. The van der Waals surface area contributed by atoms with Crippen molar-refractivity contribution in [1.29, 1.82) is 5.26 Å². The number of rotatable bonds is 8. The zero-order chi connectivity index (χ0) is 15.0. The number of ether oxygens (including phenoxy) is 1. The van der Waals surface area contributed by atoms with Gasteiger partial charge >= 0.3 is 0 Å². The molecular formula is C16H24N2O2. The molecule has 0 saturated heterocycles. The molecule has 0 bridgehead atoms. The van der Waals surface area contributed by atoms with Crippen LogP contribution in [0.15, 0.2) is 18.2 Å². The van der Waals surface area contributed by atoms with E-state index in [-0.39, 0.29) is 12.0 Å². The molecule has 0 atom stereocenters. The van der Waals surface area contributed by atoms with Crippen molar-refractivity contribution in [2.45, 2.75) is 33.2 Å². The van der Waals surface area contributed by atoms with Crippen molar-refractivity contribution in [2.24, 2.45) is 5.41 Å². The molecule has 0 saturated carbocycles. The molecule has 1 rings (SSSR count). The summed E-state index contributed by atoms with van der Waals surface area (Å²) in [6.45, 7) is 6.21. The highest BCUT2D eigenvalue weighted by Crippen LogP contribution is 2.22. The number of nitriles is 1.